The molecule has 1 aromatic rings. The van der Waals surface area contributed by atoms with Crippen LogP contribution in [0.3, 0.4) is 0 Å². The normalized spacial score (nSPS) is 10.3. The molecule has 0 heterocycles. The Morgan fingerprint density at radius 1 is 1.22 bits per heavy atom. The Kier molecular flexibility index (Phi) is 4.67. The average molecular weight is 265 g/mol. The monoisotopic (exact) mass is 265 g/mol. The van der Waals surface area contributed by atoms with Crippen molar-refractivity contribution in [1.82, 2.24) is 0 Å². The zero-order valence-electron chi connectivity index (χ0n) is 11.1. The van der Waals surface area contributed by atoms with Crippen molar-refractivity contribution in [2.45, 2.75) is 27.7 Å². The van der Waals surface area contributed by atoms with Crippen molar-refractivity contribution in [3.63, 3.8) is 0 Å². The topological polar surface area (TPSA) is 67.2 Å². The molecule has 98 valence electrons. The molecule has 0 fully saturated rings. The Balaban J connectivity index is 3.01. The standard InChI is InChI=1S/C13H19N3OS/c1-7(2)12(17)16-11-8(3)5-10(6-9(11)4)15-13(14)18/h5-7H,1-4H3,(H,16,17)(H3,14,15,18). The van der Waals surface area contributed by atoms with E-state index in [0.29, 0.717) is 0 Å². The van der Waals surface area contributed by atoms with Crippen molar-refractivity contribution in [1.29, 1.82) is 0 Å². The van der Waals surface area contributed by atoms with Crippen molar-refractivity contribution < 1.29 is 4.79 Å². The van der Waals surface area contributed by atoms with E-state index in [9.17, 15) is 4.79 Å². The van der Waals surface area contributed by atoms with Gasteiger partial charge in [0.1, 0.15) is 0 Å². The van der Waals surface area contributed by atoms with Crippen LogP contribution in [-0.2, 0) is 4.79 Å². The van der Waals surface area contributed by atoms with Crippen LogP contribution in [0.25, 0.3) is 0 Å². The zero-order chi connectivity index (χ0) is 13.9. The van der Waals surface area contributed by atoms with Crippen LogP contribution in [0.2, 0.25) is 0 Å². The molecule has 4 N–H and O–H groups in total. The summed E-state index contributed by atoms with van der Waals surface area (Å²) >= 11 is 4.80. The van der Waals surface area contributed by atoms with Crippen LogP contribution < -0.4 is 16.4 Å². The van der Waals surface area contributed by atoms with E-state index in [4.69, 9.17) is 18.0 Å². The summed E-state index contributed by atoms with van der Waals surface area (Å²) in [6.07, 6.45) is 0. The maximum absolute atomic E-state index is 11.7. The molecule has 1 amide bonds. The van der Waals surface area contributed by atoms with Crippen LogP contribution in [0.4, 0.5) is 11.4 Å². The van der Waals surface area contributed by atoms with Gasteiger partial charge >= 0.3 is 0 Å². The molecule has 4 nitrogen and oxygen atoms in total. The molecule has 0 aliphatic heterocycles. The van der Waals surface area contributed by atoms with E-state index in [1.807, 2.05) is 39.8 Å². The lowest BCUT2D eigenvalue weighted by Gasteiger charge is -2.15. The van der Waals surface area contributed by atoms with Crippen molar-refractivity contribution in [3.8, 4) is 0 Å². The first-order valence-corrected chi connectivity index (χ1v) is 6.20. The second kappa shape index (κ2) is 5.82. The smallest absolute Gasteiger partial charge is 0.226 e. The van der Waals surface area contributed by atoms with E-state index in [1.165, 1.54) is 0 Å². The number of benzene rings is 1. The summed E-state index contributed by atoms with van der Waals surface area (Å²) in [6.45, 7) is 7.60. The van der Waals surface area contributed by atoms with Gasteiger partial charge in [0, 0.05) is 17.3 Å². The van der Waals surface area contributed by atoms with Gasteiger partial charge in [-0.05, 0) is 49.3 Å². The van der Waals surface area contributed by atoms with Gasteiger partial charge in [-0.1, -0.05) is 13.8 Å². The molecule has 1 aromatic carbocycles. The molecular formula is C13H19N3OS. The van der Waals surface area contributed by atoms with Crippen molar-refractivity contribution >= 4 is 34.6 Å². The number of aryl methyl sites for hydroxylation is 2. The Morgan fingerprint density at radius 2 is 1.72 bits per heavy atom. The second-order valence-corrected chi connectivity index (χ2v) is 5.06. The van der Waals surface area contributed by atoms with E-state index < -0.39 is 0 Å². The fraction of sp³-hybridized carbons (Fsp3) is 0.385. The highest BCUT2D eigenvalue weighted by atomic mass is 32.1. The second-order valence-electron chi connectivity index (χ2n) is 4.62. The maximum Gasteiger partial charge on any atom is 0.226 e. The maximum atomic E-state index is 11.7. The van der Waals surface area contributed by atoms with Gasteiger partial charge in [-0.2, -0.15) is 0 Å². The van der Waals surface area contributed by atoms with Crippen molar-refractivity contribution in [2.75, 3.05) is 10.6 Å². The van der Waals surface area contributed by atoms with Crippen LogP contribution in [0.1, 0.15) is 25.0 Å². The van der Waals surface area contributed by atoms with Gasteiger partial charge in [0.05, 0.1) is 0 Å². The van der Waals surface area contributed by atoms with Gasteiger partial charge in [0.2, 0.25) is 5.91 Å². The third-order valence-electron chi connectivity index (χ3n) is 2.57. The summed E-state index contributed by atoms with van der Waals surface area (Å²) < 4.78 is 0. The summed E-state index contributed by atoms with van der Waals surface area (Å²) in [5, 5.41) is 6.04. The molecule has 0 unspecified atom stereocenters. The summed E-state index contributed by atoms with van der Waals surface area (Å²) in [5.74, 6) is -0.0329. The average Bonchev–Trinajstić information content (AvgIpc) is 2.21. The predicted molar refractivity (Wildman–Crippen MR) is 79.8 cm³/mol. The van der Waals surface area contributed by atoms with Crippen LogP contribution in [0, 0.1) is 19.8 Å². The van der Waals surface area contributed by atoms with Gasteiger partial charge in [-0.25, -0.2) is 0 Å². The molecule has 0 aliphatic carbocycles. The lowest BCUT2D eigenvalue weighted by atomic mass is 10.1. The van der Waals surface area contributed by atoms with E-state index >= 15 is 0 Å². The molecule has 0 radical (unpaired) electrons. The number of hydrogen-bond donors (Lipinski definition) is 3. The quantitative estimate of drug-likeness (QED) is 0.735. The largest absolute Gasteiger partial charge is 0.376 e. The highest BCUT2D eigenvalue weighted by Crippen LogP contribution is 2.25. The predicted octanol–water partition coefficient (Wildman–Crippen LogP) is 2.55. The first-order chi connectivity index (χ1) is 8.31. The minimum Gasteiger partial charge on any atom is -0.376 e. The molecule has 0 atom stereocenters. The third kappa shape index (κ3) is 3.70. The molecule has 0 aliphatic rings. The van der Waals surface area contributed by atoms with Gasteiger partial charge in [0.15, 0.2) is 5.11 Å². The lowest BCUT2D eigenvalue weighted by molar-refractivity contribution is -0.118. The summed E-state index contributed by atoms with van der Waals surface area (Å²) in [7, 11) is 0. The number of rotatable bonds is 3. The SMILES string of the molecule is Cc1cc(NC(N)=S)cc(C)c1NC(=O)C(C)C. The molecular weight excluding hydrogens is 246 g/mol. The molecule has 18 heavy (non-hydrogen) atoms. The van der Waals surface area contributed by atoms with Gasteiger partial charge < -0.3 is 16.4 Å². The van der Waals surface area contributed by atoms with Gasteiger partial charge in [-0.3, -0.25) is 4.79 Å². The number of hydrogen-bond acceptors (Lipinski definition) is 2. The number of thiocarbonyl (C=S) groups is 1. The Morgan fingerprint density at radius 3 is 2.11 bits per heavy atom. The minimum atomic E-state index is -0.0433. The fourth-order valence-electron chi connectivity index (χ4n) is 1.64. The van der Waals surface area contributed by atoms with Crippen molar-refractivity contribution in [2.24, 2.45) is 11.7 Å². The number of carbonyl (C=O) groups excluding carboxylic acids is 1. The number of carbonyl (C=O) groups is 1. The lowest BCUT2D eigenvalue weighted by Crippen LogP contribution is -2.20. The first-order valence-electron chi connectivity index (χ1n) is 5.79. The zero-order valence-corrected chi connectivity index (χ0v) is 11.9. The number of nitrogens with one attached hydrogen (secondary N) is 2. The van der Waals surface area contributed by atoms with E-state index in [2.05, 4.69) is 10.6 Å². The van der Waals surface area contributed by atoms with Crippen LogP contribution in [0.15, 0.2) is 12.1 Å². The van der Waals surface area contributed by atoms with Crippen LogP contribution in [-0.4, -0.2) is 11.0 Å². The fourth-order valence-corrected chi connectivity index (χ4v) is 1.76. The van der Waals surface area contributed by atoms with Crippen LogP contribution in [0.5, 0.6) is 0 Å². The van der Waals surface area contributed by atoms with Gasteiger partial charge in [-0.15, -0.1) is 0 Å². The van der Waals surface area contributed by atoms with E-state index in [-0.39, 0.29) is 16.9 Å². The van der Waals surface area contributed by atoms with Gasteiger partial charge in [0.25, 0.3) is 0 Å². The minimum absolute atomic E-state index is 0.0104. The summed E-state index contributed by atoms with van der Waals surface area (Å²) in [6, 6.07) is 3.81. The van der Waals surface area contributed by atoms with E-state index in [1.54, 1.807) is 0 Å². The van der Waals surface area contributed by atoms with E-state index in [0.717, 1.165) is 22.5 Å². The number of anilines is 2. The van der Waals surface area contributed by atoms with Crippen LogP contribution >= 0.6 is 12.2 Å². The highest BCUT2D eigenvalue weighted by Gasteiger charge is 2.11. The number of nitrogens with two attached hydrogens (primary N) is 1. The Labute approximate surface area is 113 Å². The summed E-state index contributed by atoms with van der Waals surface area (Å²) in [5.41, 5.74) is 9.07. The Hall–Kier alpha value is -1.62. The molecule has 0 saturated heterocycles. The molecule has 0 spiro atoms. The first kappa shape index (κ1) is 14.4. The Bertz CT molecular complexity index is 460. The molecule has 0 aromatic heterocycles. The van der Waals surface area contributed by atoms with Crippen molar-refractivity contribution in [3.05, 3.63) is 23.3 Å². The molecule has 0 saturated carbocycles. The molecule has 1 rings (SSSR count). The third-order valence-corrected chi connectivity index (χ3v) is 2.67. The highest BCUT2D eigenvalue weighted by molar-refractivity contribution is 7.80. The molecule has 0 bridgehead atoms. The number of amides is 1. The molecule has 5 heteroatoms. The summed E-state index contributed by atoms with van der Waals surface area (Å²) in [4.78, 5) is 11.7.